The Morgan fingerprint density at radius 3 is 2.61 bits per heavy atom. The summed E-state index contributed by atoms with van der Waals surface area (Å²) in [6, 6.07) is 17.4. The van der Waals surface area contributed by atoms with Crippen LogP contribution in [0.1, 0.15) is 16.1 Å². The van der Waals surface area contributed by atoms with Gasteiger partial charge in [0.1, 0.15) is 5.82 Å². The van der Waals surface area contributed by atoms with Crippen molar-refractivity contribution in [1.82, 2.24) is 9.55 Å². The molecule has 140 valence electrons. The highest BCUT2D eigenvalue weighted by Gasteiger charge is 2.24. The number of benzene rings is 2. The fourth-order valence-electron chi connectivity index (χ4n) is 3.27. The topological polar surface area (TPSA) is 56.1 Å². The molecule has 0 unspecified atom stereocenters. The first-order valence-electron chi connectivity index (χ1n) is 8.78. The number of nitrogens with zero attached hydrogens (tertiary/aromatic N) is 2. The van der Waals surface area contributed by atoms with Crippen molar-refractivity contribution in [1.29, 1.82) is 0 Å². The lowest BCUT2D eigenvalue weighted by atomic mass is 10.2. The molecule has 5 nitrogen and oxygen atoms in total. The van der Waals surface area contributed by atoms with E-state index in [1.165, 1.54) is 12.1 Å². The third-order valence-corrected chi connectivity index (χ3v) is 4.52. The van der Waals surface area contributed by atoms with E-state index in [0.29, 0.717) is 23.7 Å². The van der Waals surface area contributed by atoms with Crippen molar-refractivity contribution in [3.63, 3.8) is 0 Å². The highest BCUT2D eigenvalue weighted by atomic mass is 19.1. The molecular weight excluding hydrogens is 357 g/mol. The Morgan fingerprint density at radius 2 is 1.89 bits per heavy atom. The number of halogens is 1. The summed E-state index contributed by atoms with van der Waals surface area (Å²) in [5, 5.41) is 3.70. The molecule has 0 aliphatic carbocycles. The SMILES string of the molecule is COc1c(C(=O)Nc2cccnc2)n(Cc2ccc(F)cc2)c2ccccc12. The van der Waals surface area contributed by atoms with E-state index in [1.54, 1.807) is 43.8 Å². The second kappa shape index (κ2) is 7.52. The fraction of sp³-hybridized carbons (Fsp3) is 0.0909. The van der Waals surface area contributed by atoms with Gasteiger partial charge in [0.05, 0.1) is 24.5 Å². The summed E-state index contributed by atoms with van der Waals surface area (Å²) in [6.45, 7) is 0.403. The summed E-state index contributed by atoms with van der Waals surface area (Å²) in [7, 11) is 1.55. The maximum Gasteiger partial charge on any atom is 0.276 e. The van der Waals surface area contributed by atoms with Crippen LogP contribution in [0.15, 0.2) is 73.1 Å². The summed E-state index contributed by atoms with van der Waals surface area (Å²) >= 11 is 0. The highest BCUT2D eigenvalue weighted by Crippen LogP contribution is 2.34. The molecule has 4 aromatic rings. The molecule has 0 atom stereocenters. The first kappa shape index (κ1) is 17.7. The zero-order valence-electron chi connectivity index (χ0n) is 15.2. The summed E-state index contributed by atoms with van der Waals surface area (Å²) in [4.78, 5) is 17.2. The molecule has 1 amide bonds. The van der Waals surface area contributed by atoms with Gasteiger partial charge in [-0.2, -0.15) is 0 Å². The number of para-hydroxylation sites is 1. The first-order valence-corrected chi connectivity index (χ1v) is 8.78. The predicted octanol–water partition coefficient (Wildman–Crippen LogP) is 4.48. The van der Waals surface area contributed by atoms with Crippen molar-refractivity contribution >= 4 is 22.5 Å². The summed E-state index contributed by atoms with van der Waals surface area (Å²) in [6.07, 6.45) is 3.22. The predicted molar refractivity (Wildman–Crippen MR) is 106 cm³/mol. The Morgan fingerprint density at radius 1 is 1.11 bits per heavy atom. The molecule has 1 N–H and O–H groups in total. The van der Waals surface area contributed by atoms with Crippen molar-refractivity contribution < 1.29 is 13.9 Å². The number of rotatable bonds is 5. The Bertz CT molecular complexity index is 1120. The quantitative estimate of drug-likeness (QED) is 0.559. The summed E-state index contributed by atoms with van der Waals surface area (Å²) in [5.41, 5.74) is 2.73. The van der Waals surface area contributed by atoms with E-state index in [4.69, 9.17) is 4.74 Å². The molecule has 2 heterocycles. The van der Waals surface area contributed by atoms with Gasteiger partial charge in [0.15, 0.2) is 11.4 Å². The van der Waals surface area contributed by atoms with Crippen LogP contribution in [0.3, 0.4) is 0 Å². The molecule has 28 heavy (non-hydrogen) atoms. The molecule has 0 bridgehead atoms. The zero-order valence-corrected chi connectivity index (χ0v) is 15.2. The molecule has 0 radical (unpaired) electrons. The minimum Gasteiger partial charge on any atom is -0.494 e. The van der Waals surface area contributed by atoms with Gasteiger partial charge in [-0.25, -0.2) is 4.39 Å². The number of methoxy groups -OCH3 is 1. The van der Waals surface area contributed by atoms with Crippen LogP contribution in [-0.2, 0) is 6.54 Å². The van der Waals surface area contributed by atoms with E-state index >= 15 is 0 Å². The van der Waals surface area contributed by atoms with Crippen molar-refractivity contribution in [3.8, 4) is 5.75 Å². The lowest BCUT2D eigenvalue weighted by molar-refractivity contribution is 0.101. The van der Waals surface area contributed by atoms with Gasteiger partial charge in [-0.3, -0.25) is 9.78 Å². The molecule has 2 aromatic carbocycles. The number of carbonyl (C=O) groups is 1. The van der Waals surface area contributed by atoms with Crippen LogP contribution in [0.2, 0.25) is 0 Å². The largest absolute Gasteiger partial charge is 0.494 e. The van der Waals surface area contributed by atoms with Gasteiger partial charge >= 0.3 is 0 Å². The molecule has 0 fully saturated rings. The van der Waals surface area contributed by atoms with Crippen LogP contribution in [-0.4, -0.2) is 22.6 Å². The van der Waals surface area contributed by atoms with Gasteiger partial charge in [0, 0.05) is 18.1 Å². The maximum atomic E-state index is 13.3. The van der Waals surface area contributed by atoms with Crippen LogP contribution in [0, 0.1) is 5.82 Å². The van der Waals surface area contributed by atoms with E-state index in [1.807, 2.05) is 28.8 Å². The Kier molecular flexibility index (Phi) is 4.76. The molecular formula is C22H18FN3O2. The molecule has 0 spiro atoms. The number of pyridine rings is 1. The van der Waals surface area contributed by atoms with Crippen LogP contribution in [0.5, 0.6) is 5.75 Å². The van der Waals surface area contributed by atoms with Gasteiger partial charge < -0.3 is 14.6 Å². The van der Waals surface area contributed by atoms with Crippen LogP contribution in [0.25, 0.3) is 10.9 Å². The second-order valence-corrected chi connectivity index (χ2v) is 6.31. The van der Waals surface area contributed by atoms with Crippen molar-refractivity contribution in [2.45, 2.75) is 6.54 Å². The number of carbonyl (C=O) groups excluding carboxylic acids is 1. The number of amides is 1. The smallest absolute Gasteiger partial charge is 0.276 e. The number of anilines is 1. The van der Waals surface area contributed by atoms with Gasteiger partial charge in [-0.15, -0.1) is 0 Å². The normalized spacial score (nSPS) is 10.8. The number of fused-ring (bicyclic) bond motifs is 1. The zero-order chi connectivity index (χ0) is 19.5. The molecule has 6 heteroatoms. The highest BCUT2D eigenvalue weighted by molar-refractivity contribution is 6.10. The molecule has 2 aromatic heterocycles. The lowest BCUT2D eigenvalue weighted by Crippen LogP contribution is -2.18. The monoisotopic (exact) mass is 375 g/mol. The van der Waals surface area contributed by atoms with Gasteiger partial charge in [-0.1, -0.05) is 24.3 Å². The van der Waals surface area contributed by atoms with Crippen LogP contribution >= 0.6 is 0 Å². The summed E-state index contributed by atoms with van der Waals surface area (Å²) < 4.78 is 20.8. The van der Waals surface area contributed by atoms with Gasteiger partial charge in [-0.05, 0) is 42.0 Å². The third kappa shape index (κ3) is 3.32. The standard InChI is InChI=1S/C22H18FN3O2/c1-28-21-18-6-2-3-7-19(18)26(14-15-8-10-16(23)11-9-15)20(21)22(27)25-17-5-4-12-24-13-17/h2-13H,14H2,1H3,(H,25,27). The minimum atomic E-state index is -0.303. The molecule has 0 aliphatic rings. The Hall–Kier alpha value is -3.67. The lowest BCUT2D eigenvalue weighted by Gasteiger charge is -2.12. The van der Waals surface area contributed by atoms with E-state index < -0.39 is 0 Å². The summed E-state index contributed by atoms with van der Waals surface area (Å²) in [5.74, 6) is -0.101. The number of ether oxygens (including phenoxy) is 1. The molecule has 0 saturated carbocycles. The maximum absolute atomic E-state index is 13.3. The Labute approximate surface area is 161 Å². The molecule has 0 saturated heterocycles. The van der Waals surface area contributed by atoms with Crippen molar-refractivity contribution in [2.75, 3.05) is 12.4 Å². The van der Waals surface area contributed by atoms with Gasteiger partial charge in [0.25, 0.3) is 5.91 Å². The van der Waals surface area contributed by atoms with Gasteiger partial charge in [0.2, 0.25) is 0 Å². The minimum absolute atomic E-state index is 0.298. The average molecular weight is 375 g/mol. The van der Waals surface area contributed by atoms with E-state index in [-0.39, 0.29) is 11.7 Å². The number of hydrogen-bond donors (Lipinski definition) is 1. The van der Waals surface area contributed by atoms with E-state index in [0.717, 1.165) is 16.5 Å². The van der Waals surface area contributed by atoms with Crippen LogP contribution in [0.4, 0.5) is 10.1 Å². The van der Waals surface area contributed by atoms with E-state index in [9.17, 15) is 9.18 Å². The third-order valence-electron chi connectivity index (χ3n) is 4.52. The fourth-order valence-corrected chi connectivity index (χ4v) is 3.27. The number of hydrogen-bond acceptors (Lipinski definition) is 3. The Balaban J connectivity index is 1.83. The number of aromatic nitrogens is 2. The molecule has 4 rings (SSSR count). The average Bonchev–Trinajstić information content (AvgIpc) is 3.04. The van der Waals surface area contributed by atoms with Crippen molar-refractivity contribution in [2.24, 2.45) is 0 Å². The second-order valence-electron chi connectivity index (χ2n) is 6.31. The molecule has 0 aliphatic heterocycles. The van der Waals surface area contributed by atoms with Crippen LogP contribution < -0.4 is 10.1 Å². The van der Waals surface area contributed by atoms with Crippen molar-refractivity contribution in [3.05, 3.63) is 90.1 Å². The number of nitrogens with one attached hydrogen (secondary N) is 1. The first-order chi connectivity index (χ1) is 13.7. The van der Waals surface area contributed by atoms with E-state index in [2.05, 4.69) is 10.3 Å².